The highest BCUT2D eigenvalue weighted by Crippen LogP contribution is 2.46. The van der Waals surface area contributed by atoms with Crippen molar-refractivity contribution in [2.45, 2.75) is 24.7 Å². The molecule has 1 heterocycles. The van der Waals surface area contributed by atoms with Gasteiger partial charge in [0.25, 0.3) is 0 Å². The number of carbonyl (C=O) groups excluding carboxylic acids is 1. The van der Waals surface area contributed by atoms with E-state index in [1.54, 1.807) is 0 Å². The molecular weight excluding hydrogens is 414 g/mol. The summed E-state index contributed by atoms with van der Waals surface area (Å²) in [6.45, 7) is 1.01. The van der Waals surface area contributed by atoms with Gasteiger partial charge in [0.05, 0.1) is 12.2 Å². The number of hydrogen-bond donors (Lipinski definition) is 0. The third-order valence-electron chi connectivity index (χ3n) is 2.95. The predicted octanol–water partition coefficient (Wildman–Crippen LogP) is 5.12. The first-order valence-electron chi connectivity index (χ1n) is 6.81. The molecule has 0 N–H and O–H groups in total. The summed E-state index contributed by atoms with van der Waals surface area (Å²) in [6.07, 6.45) is -7.98. The van der Waals surface area contributed by atoms with E-state index in [-0.39, 0.29) is 17.2 Å². The summed E-state index contributed by atoms with van der Waals surface area (Å²) in [4.78, 5) is 12.0. The Hall–Kier alpha value is -1.75. The fraction of sp³-hybridized carbons (Fsp3) is 0.357. The maximum atomic E-state index is 13.3. The normalized spacial score (nSPS) is 17.5. The van der Waals surface area contributed by atoms with Gasteiger partial charge >= 0.3 is 17.7 Å². The highest BCUT2D eigenvalue weighted by Gasteiger charge is 2.52. The van der Waals surface area contributed by atoms with Crippen LogP contribution in [-0.2, 0) is 13.7 Å². The molecule has 12 heteroatoms. The van der Waals surface area contributed by atoms with Crippen LogP contribution in [0.2, 0.25) is 5.02 Å². The fourth-order valence-corrected chi connectivity index (χ4v) is 2.58. The predicted molar refractivity (Wildman–Crippen MR) is 80.2 cm³/mol. The first kappa shape index (κ1) is 20.6. The van der Waals surface area contributed by atoms with Crippen molar-refractivity contribution in [1.82, 2.24) is 0 Å². The molecule has 0 bridgehead atoms. The van der Waals surface area contributed by atoms with Crippen LogP contribution < -0.4 is 4.74 Å². The van der Waals surface area contributed by atoms with Gasteiger partial charge in [-0.25, -0.2) is 4.79 Å². The molecule has 1 aliphatic heterocycles. The van der Waals surface area contributed by atoms with Crippen molar-refractivity contribution in [3.05, 3.63) is 34.4 Å². The number of carbonyl (C=O) groups is 1. The summed E-state index contributed by atoms with van der Waals surface area (Å²) in [5.41, 5.74) is -6.50. The molecule has 0 amide bonds. The molecule has 0 saturated heterocycles. The smallest absolute Gasteiger partial charge is 0.475 e. The van der Waals surface area contributed by atoms with Crippen molar-refractivity contribution < 1.29 is 44.8 Å². The highest BCUT2D eigenvalue weighted by molar-refractivity contribution is 7.95. The van der Waals surface area contributed by atoms with Gasteiger partial charge in [0, 0.05) is 5.02 Å². The Morgan fingerprint density at radius 3 is 2.46 bits per heavy atom. The minimum absolute atomic E-state index is 0.0147. The molecule has 1 aromatic rings. The van der Waals surface area contributed by atoms with Crippen LogP contribution in [0.1, 0.15) is 12.5 Å². The maximum Gasteiger partial charge on any atom is 0.479 e. The van der Waals surface area contributed by atoms with E-state index < -0.39 is 52.9 Å². The zero-order valence-corrected chi connectivity index (χ0v) is 14.3. The molecular formula is C14H9ClF6O4S. The summed E-state index contributed by atoms with van der Waals surface area (Å²) in [7, 11) is 0. The summed E-state index contributed by atoms with van der Waals surface area (Å²) >= 11 is 4.68. The SMILES string of the molecule is CCOC(=O)C1=C(OSC(F)(F)F)c2cc(Cl)ccc2OC1C(F)(F)F. The minimum Gasteiger partial charge on any atom is -0.475 e. The second-order valence-corrected chi connectivity index (χ2v) is 5.99. The first-order chi connectivity index (χ1) is 11.9. The molecule has 0 spiro atoms. The number of halogens is 7. The molecule has 0 radical (unpaired) electrons. The Labute approximate surface area is 152 Å². The quantitative estimate of drug-likeness (QED) is 0.383. The highest BCUT2D eigenvalue weighted by atomic mass is 35.5. The van der Waals surface area contributed by atoms with E-state index in [2.05, 4.69) is 8.92 Å². The Bertz CT molecular complexity index is 731. The fourth-order valence-electron chi connectivity index (χ4n) is 2.05. The number of ether oxygens (including phenoxy) is 2. The van der Waals surface area contributed by atoms with Crippen molar-refractivity contribution in [3.8, 4) is 5.75 Å². The molecule has 1 unspecified atom stereocenters. The number of fused-ring (bicyclic) bond motifs is 1. The van der Waals surface area contributed by atoms with Gasteiger partial charge in [-0.1, -0.05) is 11.6 Å². The Kier molecular flexibility index (Phi) is 5.91. The molecule has 144 valence electrons. The van der Waals surface area contributed by atoms with Crippen LogP contribution in [0.25, 0.3) is 5.76 Å². The molecule has 1 aliphatic rings. The lowest BCUT2D eigenvalue weighted by Crippen LogP contribution is -2.42. The third kappa shape index (κ3) is 4.70. The van der Waals surface area contributed by atoms with Gasteiger partial charge in [0.15, 0.2) is 17.8 Å². The van der Waals surface area contributed by atoms with E-state index in [4.69, 9.17) is 16.3 Å². The Morgan fingerprint density at radius 2 is 1.92 bits per heavy atom. The molecule has 4 nitrogen and oxygen atoms in total. The third-order valence-corrected chi connectivity index (χ3v) is 3.62. The lowest BCUT2D eigenvalue weighted by atomic mass is 9.99. The monoisotopic (exact) mass is 422 g/mol. The standard InChI is InChI=1S/C14H9ClF6O4S/c1-2-23-12(22)9-10(25-26-14(19,20)21)7-5-6(15)3-4-8(7)24-11(9)13(16,17)18/h3-5,11H,2H2,1H3. The summed E-state index contributed by atoms with van der Waals surface area (Å²) in [6, 6.07) is 3.23. The van der Waals surface area contributed by atoms with E-state index in [1.165, 1.54) is 13.0 Å². The van der Waals surface area contributed by atoms with Gasteiger partial charge in [-0.05, 0) is 25.1 Å². The van der Waals surface area contributed by atoms with Crippen molar-refractivity contribution in [1.29, 1.82) is 0 Å². The minimum atomic E-state index is -5.11. The summed E-state index contributed by atoms with van der Waals surface area (Å²) in [5.74, 6) is -2.93. The van der Waals surface area contributed by atoms with Crippen molar-refractivity contribution in [3.63, 3.8) is 0 Å². The topological polar surface area (TPSA) is 44.8 Å². The molecule has 1 atom stereocenters. The lowest BCUT2D eigenvalue weighted by molar-refractivity contribution is -0.188. The summed E-state index contributed by atoms with van der Waals surface area (Å²) < 4.78 is 91.3. The van der Waals surface area contributed by atoms with Gasteiger partial charge in [-0.2, -0.15) is 26.3 Å². The van der Waals surface area contributed by atoms with Crippen LogP contribution in [0.5, 0.6) is 5.75 Å². The number of esters is 1. The molecule has 0 aliphatic carbocycles. The molecule has 1 aromatic carbocycles. The summed E-state index contributed by atoms with van der Waals surface area (Å²) in [5, 5.41) is -0.0147. The number of hydrogen-bond acceptors (Lipinski definition) is 5. The first-order valence-corrected chi connectivity index (χ1v) is 7.93. The van der Waals surface area contributed by atoms with Crippen LogP contribution in [0.15, 0.2) is 23.8 Å². The van der Waals surface area contributed by atoms with Crippen molar-refractivity contribution in [2.24, 2.45) is 0 Å². The molecule has 26 heavy (non-hydrogen) atoms. The number of benzene rings is 1. The van der Waals surface area contributed by atoms with Gasteiger partial charge in [0.1, 0.15) is 11.3 Å². The number of rotatable bonds is 4. The van der Waals surface area contributed by atoms with Crippen LogP contribution >= 0.6 is 23.6 Å². The lowest BCUT2D eigenvalue weighted by Gasteiger charge is -2.30. The average molecular weight is 423 g/mol. The van der Waals surface area contributed by atoms with E-state index in [0.29, 0.717) is 0 Å². The van der Waals surface area contributed by atoms with Crippen LogP contribution in [0.4, 0.5) is 26.3 Å². The molecule has 2 rings (SSSR count). The van der Waals surface area contributed by atoms with Crippen LogP contribution in [0.3, 0.4) is 0 Å². The molecule has 0 fully saturated rings. The zero-order valence-electron chi connectivity index (χ0n) is 12.7. The van der Waals surface area contributed by atoms with Crippen molar-refractivity contribution in [2.75, 3.05) is 6.61 Å². The molecule has 0 saturated carbocycles. The second kappa shape index (κ2) is 7.47. The van der Waals surface area contributed by atoms with Gasteiger partial charge < -0.3 is 13.7 Å². The van der Waals surface area contributed by atoms with E-state index in [1.807, 2.05) is 0 Å². The number of alkyl halides is 6. The van der Waals surface area contributed by atoms with E-state index in [9.17, 15) is 31.1 Å². The second-order valence-electron chi connectivity index (χ2n) is 4.76. The van der Waals surface area contributed by atoms with E-state index >= 15 is 0 Å². The Morgan fingerprint density at radius 1 is 1.27 bits per heavy atom. The molecule has 0 aromatic heterocycles. The average Bonchev–Trinajstić information content (AvgIpc) is 2.50. The zero-order chi connectivity index (χ0) is 19.7. The van der Waals surface area contributed by atoms with Gasteiger partial charge in [-0.3, -0.25) is 0 Å². The van der Waals surface area contributed by atoms with Crippen LogP contribution in [-0.4, -0.2) is 30.4 Å². The van der Waals surface area contributed by atoms with Crippen LogP contribution in [0, 0.1) is 0 Å². The van der Waals surface area contributed by atoms with Crippen molar-refractivity contribution >= 4 is 35.4 Å². The Balaban J connectivity index is 2.67. The van der Waals surface area contributed by atoms with E-state index in [0.717, 1.165) is 12.1 Å². The van der Waals surface area contributed by atoms with Gasteiger partial charge in [0.2, 0.25) is 6.10 Å². The maximum absolute atomic E-state index is 13.3. The largest absolute Gasteiger partial charge is 0.479 e. The van der Waals surface area contributed by atoms with Gasteiger partial charge in [-0.15, -0.1) is 0 Å².